The minimum Gasteiger partial charge on any atom is -0.494 e. The third-order valence-corrected chi connectivity index (χ3v) is 3.45. The maximum atomic E-state index is 12.3. The van der Waals surface area contributed by atoms with Crippen LogP contribution in [0.1, 0.15) is 36.7 Å². The molecule has 132 valence electrons. The van der Waals surface area contributed by atoms with E-state index in [9.17, 15) is 4.79 Å². The molecule has 25 heavy (non-hydrogen) atoms. The van der Waals surface area contributed by atoms with E-state index in [-0.39, 0.29) is 5.78 Å². The first-order valence-corrected chi connectivity index (χ1v) is 8.53. The molecule has 4 nitrogen and oxygen atoms in total. The molecular formula is C21H24O4. The summed E-state index contributed by atoms with van der Waals surface area (Å²) in [7, 11) is 0. The van der Waals surface area contributed by atoms with Gasteiger partial charge in [0.2, 0.25) is 0 Å². The van der Waals surface area contributed by atoms with E-state index in [1.165, 1.54) is 6.08 Å². The molecule has 0 saturated carbocycles. The summed E-state index contributed by atoms with van der Waals surface area (Å²) in [5, 5.41) is 0. The summed E-state index contributed by atoms with van der Waals surface area (Å²) in [5.74, 6) is 1.88. The maximum Gasteiger partial charge on any atom is 0.185 e. The van der Waals surface area contributed by atoms with Crippen LogP contribution in [-0.4, -0.2) is 25.6 Å². The van der Waals surface area contributed by atoms with Crippen molar-refractivity contribution in [3.05, 3.63) is 59.7 Å². The molecule has 0 N–H and O–H groups in total. The monoisotopic (exact) mass is 340 g/mol. The zero-order valence-electron chi connectivity index (χ0n) is 15.0. The van der Waals surface area contributed by atoms with Crippen molar-refractivity contribution in [1.82, 2.24) is 0 Å². The molecule has 0 atom stereocenters. The van der Waals surface area contributed by atoms with Gasteiger partial charge in [-0.15, -0.1) is 0 Å². The lowest BCUT2D eigenvalue weighted by atomic mass is 10.1. The van der Waals surface area contributed by atoms with Gasteiger partial charge in [-0.25, -0.2) is 0 Å². The highest BCUT2D eigenvalue weighted by Gasteiger charge is 2.13. The van der Waals surface area contributed by atoms with Crippen LogP contribution in [0.5, 0.6) is 17.2 Å². The van der Waals surface area contributed by atoms with Crippen molar-refractivity contribution in [1.29, 1.82) is 0 Å². The molecule has 0 unspecified atom stereocenters. The average molecular weight is 340 g/mol. The van der Waals surface area contributed by atoms with Crippen LogP contribution in [0.25, 0.3) is 6.08 Å². The standard InChI is InChI=1S/C21H24O4/c1-4-23-17-14-20(24-5-2)18(21(15-17)25-6-3)12-13-19(22)16-10-8-7-9-11-16/h7-15H,4-6H2,1-3H3. The lowest BCUT2D eigenvalue weighted by Gasteiger charge is -2.15. The highest BCUT2D eigenvalue weighted by atomic mass is 16.5. The SMILES string of the molecule is CCOc1cc(OCC)c(C=CC(=O)c2ccccc2)c(OCC)c1. The van der Waals surface area contributed by atoms with Crippen molar-refractivity contribution in [2.24, 2.45) is 0 Å². The van der Waals surface area contributed by atoms with Crippen molar-refractivity contribution < 1.29 is 19.0 Å². The average Bonchev–Trinajstić information content (AvgIpc) is 2.62. The van der Waals surface area contributed by atoms with E-state index < -0.39 is 0 Å². The van der Waals surface area contributed by atoms with E-state index in [0.29, 0.717) is 42.6 Å². The summed E-state index contributed by atoms with van der Waals surface area (Å²) in [6.07, 6.45) is 3.27. The quantitative estimate of drug-likeness (QED) is 0.487. The molecule has 2 aromatic rings. The number of ether oxygens (including phenoxy) is 3. The predicted octanol–water partition coefficient (Wildman–Crippen LogP) is 4.78. The molecule has 4 heteroatoms. The molecule has 0 aliphatic carbocycles. The Kier molecular flexibility index (Phi) is 7.08. The Hall–Kier alpha value is -2.75. The highest BCUT2D eigenvalue weighted by Crippen LogP contribution is 2.35. The Morgan fingerprint density at radius 1 is 0.880 bits per heavy atom. The largest absolute Gasteiger partial charge is 0.494 e. The van der Waals surface area contributed by atoms with Gasteiger partial charge in [0.1, 0.15) is 17.2 Å². The smallest absolute Gasteiger partial charge is 0.185 e. The minimum absolute atomic E-state index is 0.0700. The van der Waals surface area contributed by atoms with Crippen molar-refractivity contribution in [2.75, 3.05) is 19.8 Å². The van der Waals surface area contributed by atoms with Crippen molar-refractivity contribution in [2.45, 2.75) is 20.8 Å². The fraction of sp³-hybridized carbons (Fsp3) is 0.286. The van der Waals surface area contributed by atoms with Crippen molar-refractivity contribution in [3.63, 3.8) is 0 Å². The van der Waals surface area contributed by atoms with Gasteiger partial charge in [0, 0.05) is 17.7 Å². The molecule has 2 rings (SSSR count). The lowest BCUT2D eigenvalue weighted by molar-refractivity contribution is 0.104. The van der Waals surface area contributed by atoms with Crippen LogP contribution in [0, 0.1) is 0 Å². The summed E-state index contributed by atoms with van der Waals surface area (Å²) in [6.45, 7) is 7.32. The molecule has 0 aromatic heterocycles. The molecule has 0 amide bonds. The Balaban J connectivity index is 2.39. The molecule has 0 aliphatic heterocycles. The molecule has 2 aromatic carbocycles. The molecule has 0 aliphatic rings. The maximum absolute atomic E-state index is 12.3. The third-order valence-electron chi connectivity index (χ3n) is 3.45. The fourth-order valence-electron chi connectivity index (χ4n) is 2.40. The number of allylic oxidation sites excluding steroid dienone is 1. The van der Waals surface area contributed by atoms with Gasteiger partial charge in [0.25, 0.3) is 0 Å². The second-order valence-corrected chi connectivity index (χ2v) is 5.20. The van der Waals surface area contributed by atoms with Crippen LogP contribution < -0.4 is 14.2 Å². The Bertz CT molecular complexity index is 693. The Morgan fingerprint density at radius 3 is 1.96 bits per heavy atom. The summed E-state index contributed by atoms with van der Waals surface area (Å²) >= 11 is 0. The summed E-state index contributed by atoms with van der Waals surface area (Å²) in [6, 6.07) is 12.8. The minimum atomic E-state index is -0.0700. The first kappa shape index (κ1) is 18.6. The number of rotatable bonds is 9. The van der Waals surface area contributed by atoms with E-state index in [4.69, 9.17) is 14.2 Å². The number of ketones is 1. The molecular weight excluding hydrogens is 316 g/mol. The number of carbonyl (C=O) groups is 1. The van der Waals surface area contributed by atoms with E-state index in [2.05, 4.69) is 0 Å². The number of hydrogen-bond donors (Lipinski definition) is 0. The molecule has 0 bridgehead atoms. The van der Waals surface area contributed by atoms with E-state index >= 15 is 0 Å². The topological polar surface area (TPSA) is 44.8 Å². The molecule has 0 spiro atoms. The van der Waals surface area contributed by atoms with Crippen LogP contribution >= 0.6 is 0 Å². The first-order chi connectivity index (χ1) is 12.2. The van der Waals surface area contributed by atoms with Gasteiger partial charge in [0.15, 0.2) is 5.78 Å². The zero-order valence-corrected chi connectivity index (χ0v) is 15.0. The summed E-state index contributed by atoms with van der Waals surface area (Å²) in [4.78, 5) is 12.3. The van der Waals surface area contributed by atoms with Gasteiger partial charge < -0.3 is 14.2 Å². The Morgan fingerprint density at radius 2 is 1.44 bits per heavy atom. The highest BCUT2D eigenvalue weighted by molar-refractivity contribution is 6.07. The zero-order chi connectivity index (χ0) is 18.1. The second kappa shape index (κ2) is 9.52. The second-order valence-electron chi connectivity index (χ2n) is 5.20. The summed E-state index contributed by atoms with van der Waals surface area (Å²) < 4.78 is 17.0. The lowest BCUT2D eigenvalue weighted by Crippen LogP contribution is -2.02. The summed E-state index contributed by atoms with van der Waals surface area (Å²) in [5.41, 5.74) is 1.37. The van der Waals surface area contributed by atoms with Crippen LogP contribution in [0.2, 0.25) is 0 Å². The van der Waals surface area contributed by atoms with Gasteiger partial charge in [0.05, 0.1) is 25.4 Å². The van der Waals surface area contributed by atoms with Gasteiger partial charge in [-0.1, -0.05) is 30.3 Å². The number of carbonyl (C=O) groups excluding carboxylic acids is 1. The van der Waals surface area contributed by atoms with Gasteiger partial charge in [-0.3, -0.25) is 4.79 Å². The number of benzene rings is 2. The van der Waals surface area contributed by atoms with Crippen LogP contribution in [-0.2, 0) is 0 Å². The van der Waals surface area contributed by atoms with Crippen molar-refractivity contribution in [3.8, 4) is 17.2 Å². The predicted molar refractivity (Wildman–Crippen MR) is 99.8 cm³/mol. The fourth-order valence-corrected chi connectivity index (χ4v) is 2.40. The van der Waals surface area contributed by atoms with E-state index in [0.717, 1.165) is 5.56 Å². The Labute approximate surface area is 149 Å². The molecule has 0 fully saturated rings. The third kappa shape index (κ3) is 5.11. The van der Waals surface area contributed by atoms with Gasteiger partial charge in [-0.2, -0.15) is 0 Å². The molecule has 0 saturated heterocycles. The van der Waals surface area contributed by atoms with Crippen molar-refractivity contribution >= 4 is 11.9 Å². The van der Waals surface area contributed by atoms with Crippen LogP contribution in [0.3, 0.4) is 0 Å². The van der Waals surface area contributed by atoms with Gasteiger partial charge in [-0.05, 0) is 32.9 Å². The number of hydrogen-bond acceptors (Lipinski definition) is 4. The molecule has 0 radical (unpaired) electrons. The van der Waals surface area contributed by atoms with Crippen LogP contribution in [0.15, 0.2) is 48.5 Å². The van der Waals surface area contributed by atoms with E-state index in [1.54, 1.807) is 18.2 Å². The normalized spacial score (nSPS) is 10.7. The van der Waals surface area contributed by atoms with Gasteiger partial charge >= 0.3 is 0 Å². The molecule has 0 heterocycles. The van der Waals surface area contributed by atoms with Crippen LogP contribution in [0.4, 0.5) is 0 Å². The first-order valence-electron chi connectivity index (χ1n) is 8.53. The van der Waals surface area contributed by atoms with E-state index in [1.807, 2.05) is 51.1 Å².